The number of rotatable bonds is 3. The zero-order chi connectivity index (χ0) is 13.8. The average Bonchev–Trinajstić information content (AvgIpc) is 2.46. The molecule has 1 aromatic rings. The third-order valence-corrected chi connectivity index (χ3v) is 3.63. The standard InChI is InChI=1S/C13H21N5O/c1-10-3-4-15-12(9-10)18-7-5-17(6-8-18)11(2)13(14)16-19/h3-4,9,11,19H,5-8H2,1-2H3,(H2,14,16). The van der Waals surface area contributed by atoms with E-state index in [0.717, 1.165) is 32.0 Å². The second kappa shape index (κ2) is 5.88. The van der Waals surface area contributed by atoms with Crippen molar-refractivity contribution in [1.29, 1.82) is 0 Å². The van der Waals surface area contributed by atoms with Crippen LogP contribution < -0.4 is 10.6 Å². The number of hydrogen-bond donors (Lipinski definition) is 2. The third kappa shape index (κ3) is 3.14. The Hall–Kier alpha value is -1.82. The molecule has 3 N–H and O–H groups in total. The number of nitrogens with zero attached hydrogens (tertiary/aromatic N) is 4. The van der Waals surface area contributed by atoms with Gasteiger partial charge in [0.15, 0.2) is 5.84 Å². The van der Waals surface area contributed by atoms with E-state index < -0.39 is 0 Å². The normalized spacial score (nSPS) is 19.5. The molecule has 19 heavy (non-hydrogen) atoms. The fourth-order valence-electron chi connectivity index (χ4n) is 2.30. The van der Waals surface area contributed by atoms with Crippen LogP contribution in [0.4, 0.5) is 5.82 Å². The number of aromatic nitrogens is 1. The first kappa shape index (κ1) is 13.6. The molecule has 1 aliphatic heterocycles. The minimum atomic E-state index is -0.0300. The lowest BCUT2D eigenvalue weighted by molar-refractivity contribution is 0.230. The molecule has 0 amide bonds. The Morgan fingerprint density at radius 1 is 1.42 bits per heavy atom. The highest BCUT2D eigenvalue weighted by molar-refractivity contribution is 5.84. The summed E-state index contributed by atoms with van der Waals surface area (Å²) in [4.78, 5) is 8.88. The molecule has 6 nitrogen and oxygen atoms in total. The van der Waals surface area contributed by atoms with E-state index in [9.17, 15) is 0 Å². The van der Waals surface area contributed by atoms with Crippen LogP contribution in [0.1, 0.15) is 12.5 Å². The Bertz CT molecular complexity index is 454. The summed E-state index contributed by atoms with van der Waals surface area (Å²) in [7, 11) is 0. The molecule has 1 atom stereocenters. The van der Waals surface area contributed by atoms with Crippen molar-refractivity contribution in [1.82, 2.24) is 9.88 Å². The molecule has 0 saturated carbocycles. The fourth-order valence-corrected chi connectivity index (χ4v) is 2.30. The van der Waals surface area contributed by atoms with Crippen LogP contribution in [0.15, 0.2) is 23.5 Å². The monoisotopic (exact) mass is 263 g/mol. The maximum absolute atomic E-state index is 8.71. The van der Waals surface area contributed by atoms with Crippen molar-refractivity contribution >= 4 is 11.7 Å². The van der Waals surface area contributed by atoms with Gasteiger partial charge in [-0.15, -0.1) is 0 Å². The molecule has 0 aliphatic carbocycles. The van der Waals surface area contributed by atoms with Crippen LogP contribution in [0, 0.1) is 6.92 Å². The lowest BCUT2D eigenvalue weighted by Crippen LogP contribution is -2.53. The van der Waals surface area contributed by atoms with Crippen LogP contribution in [0.2, 0.25) is 0 Å². The number of amidine groups is 1. The minimum Gasteiger partial charge on any atom is -0.409 e. The van der Waals surface area contributed by atoms with Crippen molar-refractivity contribution in [3.8, 4) is 0 Å². The van der Waals surface area contributed by atoms with Gasteiger partial charge in [-0.2, -0.15) is 0 Å². The van der Waals surface area contributed by atoms with Crippen LogP contribution in [0.5, 0.6) is 0 Å². The quantitative estimate of drug-likeness (QED) is 0.362. The summed E-state index contributed by atoms with van der Waals surface area (Å²) in [5.41, 5.74) is 6.87. The molecule has 1 saturated heterocycles. The Kier molecular flexibility index (Phi) is 4.21. The Labute approximate surface area is 113 Å². The zero-order valence-corrected chi connectivity index (χ0v) is 11.5. The van der Waals surface area contributed by atoms with Crippen molar-refractivity contribution in [3.05, 3.63) is 23.9 Å². The van der Waals surface area contributed by atoms with E-state index in [1.54, 1.807) is 0 Å². The Balaban J connectivity index is 1.96. The number of anilines is 1. The van der Waals surface area contributed by atoms with Gasteiger partial charge >= 0.3 is 0 Å². The lowest BCUT2D eigenvalue weighted by atomic mass is 10.2. The van der Waals surface area contributed by atoms with E-state index in [4.69, 9.17) is 10.9 Å². The molecular weight excluding hydrogens is 242 g/mol. The number of hydrogen-bond acceptors (Lipinski definition) is 5. The molecular formula is C13H21N5O. The van der Waals surface area contributed by atoms with E-state index in [2.05, 4.69) is 32.9 Å². The molecule has 1 fully saturated rings. The SMILES string of the molecule is Cc1ccnc(N2CCN(C(C)/C(N)=N/O)CC2)c1. The van der Waals surface area contributed by atoms with Crippen LogP contribution in [-0.2, 0) is 0 Å². The van der Waals surface area contributed by atoms with Crippen molar-refractivity contribution in [3.63, 3.8) is 0 Å². The molecule has 2 rings (SSSR count). The van der Waals surface area contributed by atoms with Crippen molar-refractivity contribution in [2.75, 3.05) is 31.1 Å². The minimum absolute atomic E-state index is 0.0300. The molecule has 1 aromatic heterocycles. The van der Waals surface area contributed by atoms with Crippen LogP contribution in [0.25, 0.3) is 0 Å². The smallest absolute Gasteiger partial charge is 0.156 e. The maximum atomic E-state index is 8.71. The van der Waals surface area contributed by atoms with Gasteiger partial charge in [0, 0.05) is 32.4 Å². The number of oxime groups is 1. The Morgan fingerprint density at radius 2 is 2.11 bits per heavy atom. The topological polar surface area (TPSA) is 78.0 Å². The van der Waals surface area contributed by atoms with Gasteiger partial charge in [0.05, 0.1) is 6.04 Å². The first-order valence-corrected chi connectivity index (χ1v) is 6.51. The summed E-state index contributed by atoms with van der Waals surface area (Å²) in [5.74, 6) is 1.29. The summed E-state index contributed by atoms with van der Waals surface area (Å²) >= 11 is 0. The van der Waals surface area contributed by atoms with Gasteiger partial charge < -0.3 is 15.8 Å². The van der Waals surface area contributed by atoms with Crippen LogP contribution in [0.3, 0.4) is 0 Å². The number of piperazine rings is 1. The van der Waals surface area contributed by atoms with Gasteiger partial charge in [-0.25, -0.2) is 4.98 Å². The van der Waals surface area contributed by atoms with Crippen molar-refractivity contribution in [2.24, 2.45) is 10.9 Å². The first-order chi connectivity index (χ1) is 9.11. The van der Waals surface area contributed by atoms with E-state index in [0.29, 0.717) is 0 Å². The molecule has 0 bridgehead atoms. The highest BCUT2D eigenvalue weighted by atomic mass is 16.4. The van der Waals surface area contributed by atoms with Gasteiger partial charge in [-0.1, -0.05) is 5.16 Å². The molecule has 104 valence electrons. The van der Waals surface area contributed by atoms with Gasteiger partial charge in [0.2, 0.25) is 0 Å². The molecule has 1 aliphatic rings. The molecule has 6 heteroatoms. The van der Waals surface area contributed by atoms with E-state index in [1.165, 1.54) is 5.56 Å². The predicted molar refractivity (Wildman–Crippen MR) is 75.6 cm³/mol. The number of pyridine rings is 1. The summed E-state index contributed by atoms with van der Waals surface area (Å²) in [6, 6.07) is 4.07. The molecule has 0 spiro atoms. The third-order valence-electron chi connectivity index (χ3n) is 3.63. The largest absolute Gasteiger partial charge is 0.409 e. The van der Waals surface area contributed by atoms with Crippen LogP contribution in [-0.4, -0.2) is 53.1 Å². The van der Waals surface area contributed by atoms with E-state index in [-0.39, 0.29) is 11.9 Å². The fraction of sp³-hybridized carbons (Fsp3) is 0.538. The highest BCUT2D eigenvalue weighted by Crippen LogP contribution is 2.15. The second-order valence-corrected chi connectivity index (χ2v) is 4.92. The van der Waals surface area contributed by atoms with Crippen molar-refractivity contribution < 1.29 is 5.21 Å². The predicted octanol–water partition coefficient (Wildman–Crippen LogP) is 0.647. The highest BCUT2D eigenvalue weighted by Gasteiger charge is 2.23. The second-order valence-electron chi connectivity index (χ2n) is 4.92. The maximum Gasteiger partial charge on any atom is 0.156 e. The van der Waals surface area contributed by atoms with Gasteiger partial charge in [0.1, 0.15) is 5.82 Å². The van der Waals surface area contributed by atoms with Gasteiger partial charge in [0.25, 0.3) is 0 Å². The molecule has 2 heterocycles. The van der Waals surface area contributed by atoms with Crippen molar-refractivity contribution in [2.45, 2.75) is 19.9 Å². The summed E-state index contributed by atoms with van der Waals surface area (Å²) in [6.45, 7) is 7.59. The summed E-state index contributed by atoms with van der Waals surface area (Å²) in [5, 5.41) is 11.8. The van der Waals surface area contributed by atoms with Gasteiger partial charge in [-0.3, -0.25) is 4.90 Å². The first-order valence-electron chi connectivity index (χ1n) is 6.51. The van der Waals surface area contributed by atoms with E-state index in [1.807, 2.05) is 19.2 Å². The molecule has 0 aromatic carbocycles. The number of aryl methyl sites for hydroxylation is 1. The zero-order valence-electron chi connectivity index (χ0n) is 11.5. The number of nitrogens with two attached hydrogens (primary N) is 1. The molecule has 1 unspecified atom stereocenters. The Morgan fingerprint density at radius 3 is 2.68 bits per heavy atom. The summed E-state index contributed by atoms with van der Waals surface area (Å²) < 4.78 is 0. The summed E-state index contributed by atoms with van der Waals surface area (Å²) in [6.07, 6.45) is 1.84. The van der Waals surface area contributed by atoms with Crippen LogP contribution >= 0.6 is 0 Å². The van der Waals surface area contributed by atoms with E-state index >= 15 is 0 Å². The average molecular weight is 263 g/mol. The molecule has 0 radical (unpaired) electrons. The lowest BCUT2D eigenvalue weighted by Gasteiger charge is -2.38. The van der Waals surface area contributed by atoms with Gasteiger partial charge in [-0.05, 0) is 31.5 Å².